The summed E-state index contributed by atoms with van der Waals surface area (Å²) in [5.74, 6) is -2.43. The van der Waals surface area contributed by atoms with Gasteiger partial charge in [0.25, 0.3) is 0 Å². The van der Waals surface area contributed by atoms with Crippen LogP contribution in [0.2, 0.25) is 0 Å². The average Bonchev–Trinajstić information content (AvgIpc) is 2.86. The molecule has 0 spiro atoms. The molecule has 20 heavy (non-hydrogen) atoms. The lowest BCUT2D eigenvalue weighted by atomic mass is 10.1. The molecule has 0 fully saturated rings. The number of hydrogen-bond acceptors (Lipinski definition) is 5. The van der Waals surface area contributed by atoms with Crippen molar-refractivity contribution in [3.05, 3.63) is 41.2 Å². The highest BCUT2D eigenvalue weighted by molar-refractivity contribution is 5.94. The van der Waals surface area contributed by atoms with E-state index in [0.717, 1.165) is 6.07 Å². The number of benzene rings is 1. The minimum absolute atomic E-state index is 0.130. The molecule has 1 heterocycles. The third kappa shape index (κ3) is 2.64. The van der Waals surface area contributed by atoms with E-state index in [-0.39, 0.29) is 11.1 Å². The lowest BCUT2D eigenvalue weighted by molar-refractivity contribution is 0.0696. The third-order valence-electron chi connectivity index (χ3n) is 2.68. The Morgan fingerprint density at radius 3 is 2.25 bits per heavy atom. The van der Waals surface area contributed by atoms with Crippen LogP contribution in [0, 0.1) is 0 Å². The number of nitrogens with zero attached hydrogens (tertiary/aromatic N) is 3. The Morgan fingerprint density at radius 1 is 1.15 bits per heavy atom. The van der Waals surface area contributed by atoms with E-state index < -0.39 is 11.9 Å². The van der Waals surface area contributed by atoms with Crippen LogP contribution in [-0.4, -0.2) is 43.7 Å². The van der Waals surface area contributed by atoms with Crippen molar-refractivity contribution >= 4 is 11.9 Å². The SMILES string of the molecule is NCCc1cnnn1-c1cc(C(=O)O)cc(C(=O)O)c1. The molecule has 2 aromatic rings. The van der Waals surface area contributed by atoms with E-state index in [2.05, 4.69) is 10.3 Å². The fourth-order valence-electron chi connectivity index (χ4n) is 1.77. The topological polar surface area (TPSA) is 131 Å². The zero-order valence-electron chi connectivity index (χ0n) is 10.4. The number of aromatic nitrogens is 3. The highest BCUT2D eigenvalue weighted by Gasteiger charge is 2.14. The van der Waals surface area contributed by atoms with Crippen molar-refractivity contribution in [3.63, 3.8) is 0 Å². The molecule has 0 amide bonds. The van der Waals surface area contributed by atoms with Crippen molar-refractivity contribution in [2.24, 2.45) is 5.73 Å². The predicted molar refractivity (Wildman–Crippen MR) is 68.0 cm³/mol. The van der Waals surface area contributed by atoms with Gasteiger partial charge in [-0.25, -0.2) is 14.3 Å². The average molecular weight is 276 g/mol. The first-order valence-corrected chi connectivity index (χ1v) is 5.74. The van der Waals surface area contributed by atoms with Crippen molar-refractivity contribution in [1.82, 2.24) is 15.0 Å². The van der Waals surface area contributed by atoms with E-state index in [1.165, 1.54) is 23.0 Å². The van der Waals surface area contributed by atoms with Crippen molar-refractivity contribution in [2.75, 3.05) is 6.54 Å². The Balaban J connectivity index is 2.57. The summed E-state index contributed by atoms with van der Waals surface area (Å²) in [5.41, 5.74) is 6.20. The van der Waals surface area contributed by atoms with Crippen LogP contribution < -0.4 is 5.73 Å². The standard InChI is InChI=1S/C12H12N4O4/c13-2-1-9-6-14-15-16(9)10-4-7(11(17)18)3-8(5-10)12(19)20/h3-6H,1-2,13H2,(H,17,18)(H,19,20). The number of nitrogens with two attached hydrogens (primary N) is 1. The number of rotatable bonds is 5. The Bertz CT molecular complexity index is 633. The normalized spacial score (nSPS) is 10.4. The Morgan fingerprint density at radius 2 is 1.75 bits per heavy atom. The summed E-state index contributed by atoms with van der Waals surface area (Å²) in [6, 6.07) is 3.76. The first-order chi connectivity index (χ1) is 9.52. The number of carboxylic acid groups (broad SMARTS) is 2. The highest BCUT2D eigenvalue weighted by Crippen LogP contribution is 2.16. The second-order valence-corrected chi connectivity index (χ2v) is 4.05. The molecule has 0 unspecified atom stereocenters. The molecule has 0 bridgehead atoms. The summed E-state index contributed by atoms with van der Waals surface area (Å²) < 4.78 is 1.38. The van der Waals surface area contributed by atoms with Gasteiger partial charge in [0.1, 0.15) is 0 Å². The molecule has 0 saturated heterocycles. The monoisotopic (exact) mass is 276 g/mol. The maximum absolute atomic E-state index is 11.0. The van der Waals surface area contributed by atoms with E-state index in [0.29, 0.717) is 24.3 Å². The highest BCUT2D eigenvalue weighted by atomic mass is 16.4. The molecule has 8 nitrogen and oxygen atoms in total. The Kier molecular flexibility index (Phi) is 3.76. The molecular weight excluding hydrogens is 264 g/mol. The molecule has 8 heteroatoms. The molecule has 0 atom stereocenters. The van der Waals surface area contributed by atoms with Gasteiger partial charge in [0.15, 0.2) is 0 Å². The van der Waals surface area contributed by atoms with Crippen molar-refractivity contribution in [2.45, 2.75) is 6.42 Å². The van der Waals surface area contributed by atoms with Gasteiger partial charge in [0.05, 0.1) is 28.7 Å². The molecule has 1 aromatic carbocycles. The first-order valence-electron chi connectivity index (χ1n) is 5.74. The predicted octanol–water partition coefficient (Wildman–Crippen LogP) is 0.165. The maximum Gasteiger partial charge on any atom is 0.335 e. The fourth-order valence-corrected chi connectivity index (χ4v) is 1.77. The van der Waals surface area contributed by atoms with Crippen LogP contribution in [0.4, 0.5) is 0 Å². The van der Waals surface area contributed by atoms with Crippen LogP contribution in [0.15, 0.2) is 24.4 Å². The summed E-state index contributed by atoms with van der Waals surface area (Å²) in [5, 5.41) is 25.6. The molecule has 1 aromatic heterocycles. The molecule has 0 aliphatic carbocycles. The van der Waals surface area contributed by atoms with Gasteiger partial charge in [-0.1, -0.05) is 5.21 Å². The lowest BCUT2D eigenvalue weighted by Crippen LogP contribution is -2.11. The summed E-state index contributed by atoms with van der Waals surface area (Å²) in [6.07, 6.45) is 1.99. The van der Waals surface area contributed by atoms with Crippen molar-refractivity contribution in [1.29, 1.82) is 0 Å². The summed E-state index contributed by atoms with van der Waals surface area (Å²) >= 11 is 0. The fraction of sp³-hybridized carbons (Fsp3) is 0.167. The van der Waals surface area contributed by atoms with Gasteiger partial charge in [-0.05, 0) is 24.7 Å². The molecule has 0 aliphatic rings. The van der Waals surface area contributed by atoms with Gasteiger partial charge >= 0.3 is 11.9 Å². The second kappa shape index (κ2) is 5.49. The van der Waals surface area contributed by atoms with E-state index in [1.807, 2.05) is 0 Å². The van der Waals surface area contributed by atoms with Gasteiger partial charge in [-0.2, -0.15) is 0 Å². The molecule has 104 valence electrons. The van der Waals surface area contributed by atoms with Gasteiger partial charge in [0.2, 0.25) is 0 Å². The Hall–Kier alpha value is -2.74. The van der Waals surface area contributed by atoms with Crippen LogP contribution in [0.5, 0.6) is 0 Å². The summed E-state index contributed by atoms with van der Waals surface area (Å²) in [6.45, 7) is 0.373. The van der Waals surface area contributed by atoms with Crippen LogP contribution in [0.25, 0.3) is 5.69 Å². The van der Waals surface area contributed by atoms with E-state index in [4.69, 9.17) is 15.9 Å². The van der Waals surface area contributed by atoms with Crippen molar-refractivity contribution < 1.29 is 19.8 Å². The van der Waals surface area contributed by atoms with E-state index in [1.54, 1.807) is 0 Å². The Labute approximate surface area is 113 Å². The first kappa shape index (κ1) is 13.7. The molecule has 2 rings (SSSR count). The third-order valence-corrected chi connectivity index (χ3v) is 2.68. The molecular formula is C12H12N4O4. The maximum atomic E-state index is 11.0. The minimum Gasteiger partial charge on any atom is -0.478 e. The molecule has 0 saturated carbocycles. The smallest absolute Gasteiger partial charge is 0.335 e. The van der Waals surface area contributed by atoms with Gasteiger partial charge in [-0.3, -0.25) is 0 Å². The number of hydrogen-bond donors (Lipinski definition) is 3. The van der Waals surface area contributed by atoms with Gasteiger partial charge in [0, 0.05) is 6.42 Å². The number of carboxylic acids is 2. The van der Waals surface area contributed by atoms with Gasteiger partial charge < -0.3 is 15.9 Å². The molecule has 0 radical (unpaired) electrons. The van der Waals surface area contributed by atoms with E-state index >= 15 is 0 Å². The summed E-state index contributed by atoms with van der Waals surface area (Å²) in [7, 11) is 0. The largest absolute Gasteiger partial charge is 0.478 e. The quantitative estimate of drug-likeness (QED) is 0.708. The van der Waals surface area contributed by atoms with Gasteiger partial charge in [-0.15, -0.1) is 5.10 Å². The molecule has 0 aliphatic heterocycles. The lowest BCUT2D eigenvalue weighted by Gasteiger charge is -2.08. The molecule has 4 N–H and O–H groups in total. The minimum atomic E-state index is -1.21. The van der Waals surface area contributed by atoms with Crippen LogP contribution >= 0.6 is 0 Å². The van der Waals surface area contributed by atoms with Crippen LogP contribution in [-0.2, 0) is 6.42 Å². The van der Waals surface area contributed by atoms with E-state index in [9.17, 15) is 9.59 Å². The second-order valence-electron chi connectivity index (χ2n) is 4.05. The number of aromatic carboxylic acids is 2. The number of carbonyl (C=O) groups is 2. The zero-order chi connectivity index (χ0) is 14.7. The summed E-state index contributed by atoms with van der Waals surface area (Å²) in [4.78, 5) is 22.1. The van der Waals surface area contributed by atoms with Crippen molar-refractivity contribution in [3.8, 4) is 5.69 Å². The van der Waals surface area contributed by atoms with Crippen LogP contribution in [0.3, 0.4) is 0 Å². The zero-order valence-corrected chi connectivity index (χ0v) is 10.4. The van der Waals surface area contributed by atoms with Crippen LogP contribution in [0.1, 0.15) is 26.4 Å².